The van der Waals surface area contributed by atoms with Crippen molar-refractivity contribution in [2.75, 3.05) is 6.61 Å². The van der Waals surface area contributed by atoms with Crippen LogP contribution in [-0.4, -0.2) is 117 Å². The third-order valence-electron chi connectivity index (χ3n) is 14.2. The Morgan fingerprint density at radius 1 is 0.896 bits per heavy atom. The molecule has 1 saturated heterocycles. The van der Waals surface area contributed by atoms with E-state index in [1.54, 1.807) is 116 Å². The second kappa shape index (κ2) is 18.5. The number of alkyl carbamates (subject to hydrolysis) is 1. The Kier molecular flexibility index (Phi) is 14.2. The second-order valence-electron chi connectivity index (χ2n) is 21.3. The van der Waals surface area contributed by atoms with Gasteiger partial charge in [-0.1, -0.05) is 74.5 Å². The van der Waals surface area contributed by atoms with Crippen molar-refractivity contribution in [1.29, 1.82) is 0 Å². The van der Waals surface area contributed by atoms with Gasteiger partial charge in [-0.15, -0.1) is 0 Å². The summed E-state index contributed by atoms with van der Waals surface area (Å²) >= 11 is 0. The zero-order valence-electron chi connectivity index (χ0n) is 40.5. The quantitative estimate of drug-likeness (QED) is 0.0869. The van der Waals surface area contributed by atoms with Crippen LogP contribution in [0.2, 0.25) is 0 Å². The number of benzene rings is 2. The van der Waals surface area contributed by atoms with Gasteiger partial charge < -0.3 is 49.1 Å². The topological polar surface area (TPSA) is 231 Å². The van der Waals surface area contributed by atoms with Crippen molar-refractivity contribution in [3.8, 4) is 0 Å². The molecule has 3 aliphatic carbocycles. The molecule has 12 atom stereocenters. The summed E-state index contributed by atoms with van der Waals surface area (Å²) < 4.78 is 35.8. The lowest BCUT2D eigenvalue weighted by Gasteiger charge is -2.68. The highest BCUT2D eigenvalue weighted by molar-refractivity contribution is 5.97. The molecule has 366 valence electrons. The van der Waals surface area contributed by atoms with Gasteiger partial charge in [-0.3, -0.25) is 14.4 Å². The highest BCUT2D eigenvalue weighted by Crippen LogP contribution is 2.66. The van der Waals surface area contributed by atoms with Crippen molar-refractivity contribution in [2.24, 2.45) is 22.7 Å². The minimum Gasteiger partial charge on any atom is -0.455 e. The summed E-state index contributed by atoms with van der Waals surface area (Å²) in [5, 5.41) is 41.0. The molecule has 1 heterocycles. The first-order valence-electron chi connectivity index (χ1n) is 22.8. The fraction of sp³-hybridized carbons (Fsp3) is 0.608. The highest BCUT2D eigenvalue weighted by atomic mass is 16.6. The van der Waals surface area contributed by atoms with E-state index in [0.29, 0.717) is 5.56 Å². The molecule has 0 radical (unpaired) electrons. The molecule has 2 aromatic rings. The van der Waals surface area contributed by atoms with Crippen LogP contribution < -0.4 is 5.32 Å². The number of ketones is 2. The van der Waals surface area contributed by atoms with Gasteiger partial charge in [0.25, 0.3) is 0 Å². The lowest BCUT2D eigenvalue weighted by atomic mass is 9.42. The fourth-order valence-corrected chi connectivity index (χ4v) is 11.1. The third-order valence-corrected chi connectivity index (χ3v) is 14.2. The van der Waals surface area contributed by atoms with Gasteiger partial charge in [-0.05, 0) is 79.0 Å². The summed E-state index contributed by atoms with van der Waals surface area (Å²) in [5.74, 6) is -6.90. The van der Waals surface area contributed by atoms with E-state index in [1.165, 1.54) is 27.7 Å². The number of fused-ring (bicyclic) bond motifs is 5. The van der Waals surface area contributed by atoms with Gasteiger partial charge in [0.15, 0.2) is 23.3 Å². The highest BCUT2D eigenvalue weighted by Gasteiger charge is 2.76. The van der Waals surface area contributed by atoms with Crippen LogP contribution in [0.4, 0.5) is 4.79 Å². The number of aliphatic hydroxyl groups is 3. The molecular formula is C51H67NO15. The minimum absolute atomic E-state index is 0.0196. The van der Waals surface area contributed by atoms with Crippen molar-refractivity contribution in [3.05, 3.63) is 82.9 Å². The van der Waals surface area contributed by atoms with Crippen molar-refractivity contribution in [2.45, 2.75) is 167 Å². The maximum atomic E-state index is 15.3. The van der Waals surface area contributed by atoms with Crippen molar-refractivity contribution in [1.82, 2.24) is 5.32 Å². The lowest BCUT2D eigenvalue weighted by Crippen LogP contribution is -2.80. The molecule has 2 saturated carbocycles. The van der Waals surface area contributed by atoms with Gasteiger partial charge >= 0.3 is 24.0 Å². The van der Waals surface area contributed by atoms with Crippen molar-refractivity contribution in [3.63, 3.8) is 0 Å². The molecule has 4 N–H and O–H groups in total. The van der Waals surface area contributed by atoms with Crippen LogP contribution in [0.5, 0.6) is 0 Å². The molecule has 6 unspecified atom stereocenters. The Bertz CT molecular complexity index is 2260. The van der Waals surface area contributed by atoms with E-state index in [2.05, 4.69) is 5.32 Å². The summed E-state index contributed by atoms with van der Waals surface area (Å²) in [7, 11) is 0. The molecule has 3 fully saturated rings. The van der Waals surface area contributed by atoms with Crippen LogP contribution in [0.1, 0.15) is 124 Å². The summed E-state index contributed by atoms with van der Waals surface area (Å²) in [6, 6.07) is 15.1. The standard InChI is InChI=1S/C51H67NO15/c1-27-34(63-44(59)40(64-43(58)28(2)65-46(4,5)6)38(31-21-17-14-18-22-31)52-45(60)67-47(7,8)9)25-51(61)32(23-33(54)30-19-15-13-16-20-30)41-49(12,42(57)39(56)37(27)48(51,10)11)35(55)24-36-50(41,26-62-36)66-29(3)53/h13-22,28,32,34-36,38-41,55-56,61H,23-26H2,1-12H3,(H,52,60)/t28?,32?,34-,35?,36?,38-,39?,40+,41?,49+,50-,51+/m0/s1. The average molecular weight is 934 g/mol. The van der Waals surface area contributed by atoms with E-state index < -0.39 is 136 Å². The minimum atomic E-state index is -2.20. The van der Waals surface area contributed by atoms with Crippen LogP contribution in [0.25, 0.3) is 0 Å². The van der Waals surface area contributed by atoms with E-state index in [1.807, 2.05) is 0 Å². The summed E-state index contributed by atoms with van der Waals surface area (Å²) in [6.45, 7) is 18.8. The van der Waals surface area contributed by atoms with Crippen LogP contribution in [0.3, 0.4) is 0 Å². The number of hydrogen-bond donors (Lipinski definition) is 4. The maximum absolute atomic E-state index is 15.3. The molecule has 6 rings (SSSR count). The van der Waals surface area contributed by atoms with Crippen LogP contribution in [-0.2, 0) is 47.6 Å². The summed E-state index contributed by atoms with van der Waals surface area (Å²) in [6.07, 6.45) is -11.1. The van der Waals surface area contributed by atoms with Crippen LogP contribution in [0, 0.1) is 22.7 Å². The van der Waals surface area contributed by atoms with Gasteiger partial charge in [0, 0.05) is 49.0 Å². The number of amides is 1. The molecule has 16 heteroatoms. The fourth-order valence-electron chi connectivity index (χ4n) is 11.1. The number of ether oxygens (including phenoxy) is 6. The van der Waals surface area contributed by atoms with Crippen LogP contribution >= 0.6 is 0 Å². The Balaban J connectivity index is 1.53. The molecule has 1 amide bonds. The van der Waals surface area contributed by atoms with Crippen molar-refractivity contribution < 1.29 is 72.5 Å². The zero-order valence-corrected chi connectivity index (χ0v) is 40.5. The number of nitrogens with one attached hydrogen (secondary N) is 1. The van der Waals surface area contributed by atoms with Crippen molar-refractivity contribution >= 4 is 35.6 Å². The molecule has 2 aromatic carbocycles. The van der Waals surface area contributed by atoms with Gasteiger partial charge in [0.2, 0.25) is 6.10 Å². The number of hydrogen-bond acceptors (Lipinski definition) is 15. The van der Waals surface area contributed by atoms with Gasteiger partial charge in [-0.2, -0.15) is 0 Å². The normalized spacial score (nSPS) is 31.5. The van der Waals surface area contributed by atoms with Gasteiger partial charge in [-0.25, -0.2) is 14.4 Å². The Morgan fingerprint density at radius 2 is 1.49 bits per heavy atom. The largest absolute Gasteiger partial charge is 0.455 e. The molecule has 1 aliphatic heterocycles. The van der Waals surface area contributed by atoms with E-state index in [9.17, 15) is 34.5 Å². The van der Waals surface area contributed by atoms with E-state index in [0.717, 1.165) is 0 Å². The average Bonchev–Trinajstić information content (AvgIpc) is 3.22. The Hall–Kier alpha value is -5.00. The molecular weight excluding hydrogens is 867 g/mol. The van der Waals surface area contributed by atoms with Gasteiger partial charge in [0.05, 0.1) is 29.3 Å². The third kappa shape index (κ3) is 9.69. The summed E-state index contributed by atoms with van der Waals surface area (Å²) in [5.41, 5.74) is -8.39. The predicted molar refractivity (Wildman–Crippen MR) is 241 cm³/mol. The first kappa shape index (κ1) is 51.4. The molecule has 67 heavy (non-hydrogen) atoms. The maximum Gasteiger partial charge on any atom is 0.408 e. The Morgan fingerprint density at radius 3 is 2.03 bits per heavy atom. The number of Topliss-reactive ketones (excluding diaryl/α,β-unsaturated/α-hetero) is 2. The zero-order chi connectivity index (χ0) is 49.8. The number of carbonyl (C=O) groups excluding carboxylic acids is 6. The predicted octanol–water partition coefficient (Wildman–Crippen LogP) is 5.68. The number of aliphatic hydroxyl groups excluding tert-OH is 2. The Labute approximate surface area is 392 Å². The van der Waals surface area contributed by atoms with Crippen LogP contribution in [0.15, 0.2) is 71.8 Å². The molecule has 16 nitrogen and oxygen atoms in total. The molecule has 0 aromatic heterocycles. The van der Waals surface area contributed by atoms with Gasteiger partial charge in [0.1, 0.15) is 30.0 Å². The monoisotopic (exact) mass is 933 g/mol. The molecule has 4 aliphatic rings. The SMILES string of the molecule is CC(=O)O[C@@]12COC1CC(O)[C@@]1(C)C(=O)C(O)C3=C(C)[C@@H](OC(=O)[C@H](OC(=O)C(C)OC(C)(C)C)[C@@H](NC(=O)OC(C)(C)C)c4ccccc4)C[C@@](O)(C(CC(=O)c4ccccc4)C21)C3(C)C. The first-order valence-corrected chi connectivity index (χ1v) is 22.8. The van der Waals surface area contributed by atoms with E-state index in [-0.39, 0.29) is 29.7 Å². The smallest absolute Gasteiger partial charge is 0.408 e. The molecule has 0 spiro atoms. The van der Waals surface area contributed by atoms with E-state index >= 15 is 9.59 Å². The first-order chi connectivity index (χ1) is 31.0. The number of carbonyl (C=O) groups is 6. The number of rotatable bonds is 12. The van der Waals surface area contributed by atoms with E-state index in [4.69, 9.17) is 28.4 Å². The summed E-state index contributed by atoms with van der Waals surface area (Å²) in [4.78, 5) is 85.3. The second-order valence-corrected chi connectivity index (χ2v) is 21.3. The molecule has 2 bridgehead atoms. The number of esters is 3. The lowest BCUT2D eigenvalue weighted by molar-refractivity contribution is -0.339.